The fourth-order valence-electron chi connectivity index (χ4n) is 5.13. The highest BCUT2D eigenvalue weighted by Crippen LogP contribution is 2.24. The minimum absolute atomic E-state index is 0.0289. The third-order valence-electron chi connectivity index (χ3n) is 7.89. The van der Waals surface area contributed by atoms with E-state index in [-0.39, 0.29) is 11.8 Å². The van der Waals surface area contributed by atoms with Crippen LogP contribution in [0.15, 0.2) is 100 Å². The third kappa shape index (κ3) is 13.8. The molecule has 264 valence electrons. The van der Waals surface area contributed by atoms with E-state index in [1.807, 2.05) is 73.7 Å². The van der Waals surface area contributed by atoms with E-state index in [0.717, 1.165) is 88.8 Å². The molecule has 1 amide bonds. The van der Waals surface area contributed by atoms with Crippen molar-refractivity contribution in [2.45, 2.75) is 56.8 Å². The van der Waals surface area contributed by atoms with Gasteiger partial charge < -0.3 is 20.8 Å². The van der Waals surface area contributed by atoms with Gasteiger partial charge in [-0.3, -0.25) is 19.1 Å². The molecule has 0 atom stereocenters. The van der Waals surface area contributed by atoms with Crippen LogP contribution in [0.2, 0.25) is 0 Å². The summed E-state index contributed by atoms with van der Waals surface area (Å²) in [5, 5.41) is 23.4. The van der Waals surface area contributed by atoms with Crippen LogP contribution in [0.1, 0.15) is 81.2 Å². The highest BCUT2D eigenvalue weighted by atomic mass is 79.9. The van der Waals surface area contributed by atoms with Gasteiger partial charge in [0, 0.05) is 39.9 Å². The zero-order chi connectivity index (χ0) is 36.3. The molecule has 1 saturated carbocycles. The maximum absolute atomic E-state index is 12.6. The Bertz CT molecular complexity index is 1690. The second-order valence-corrected chi connectivity index (χ2v) is 13.4. The average molecular weight is 763 g/mol. The van der Waals surface area contributed by atoms with Crippen LogP contribution in [0.5, 0.6) is 0 Å². The van der Waals surface area contributed by atoms with Crippen molar-refractivity contribution in [3.05, 3.63) is 123 Å². The van der Waals surface area contributed by atoms with Crippen molar-refractivity contribution in [3.8, 4) is 0 Å². The fourth-order valence-corrected chi connectivity index (χ4v) is 6.15. The predicted molar refractivity (Wildman–Crippen MR) is 204 cm³/mol. The van der Waals surface area contributed by atoms with Gasteiger partial charge in [-0.2, -0.15) is 0 Å². The molecule has 0 heterocycles. The van der Waals surface area contributed by atoms with Gasteiger partial charge >= 0.3 is 11.9 Å². The molecule has 11 heteroatoms. The number of aliphatic carboxylic acids is 1. The van der Waals surface area contributed by atoms with Gasteiger partial charge in [0.15, 0.2) is 0 Å². The first-order valence-corrected chi connectivity index (χ1v) is 18.1. The lowest BCUT2D eigenvalue weighted by molar-refractivity contribution is -0.142. The molecular weight excluding hydrogens is 718 g/mol. The number of amides is 1. The van der Waals surface area contributed by atoms with E-state index in [9.17, 15) is 19.2 Å². The van der Waals surface area contributed by atoms with Crippen LogP contribution >= 0.6 is 27.9 Å². The van der Waals surface area contributed by atoms with Gasteiger partial charge in [-0.25, -0.2) is 4.79 Å². The largest absolute Gasteiger partial charge is 0.481 e. The number of hydrogen-bond donors (Lipinski definition) is 5. The molecule has 0 spiro atoms. The Kier molecular flexibility index (Phi) is 17.3. The Balaban J connectivity index is 0.000000261. The lowest BCUT2D eigenvalue weighted by atomic mass is 9.90. The molecular formula is C39H44BrN3O6S. The van der Waals surface area contributed by atoms with Crippen molar-refractivity contribution in [1.82, 2.24) is 4.72 Å². The van der Waals surface area contributed by atoms with Gasteiger partial charge in [-0.05, 0) is 103 Å². The molecule has 0 unspecified atom stereocenters. The van der Waals surface area contributed by atoms with Crippen molar-refractivity contribution in [2.75, 3.05) is 24.2 Å². The minimum Gasteiger partial charge on any atom is -0.481 e. The van der Waals surface area contributed by atoms with Gasteiger partial charge in [0.05, 0.1) is 17.0 Å². The monoisotopic (exact) mass is 761 g/mol. The van der Waals surface area contributed by atoms with E-state index >= 15 is 0 Å². The summed E-state index contributed by atoms with van der Waals surface area (Å²) in [6.45, 7) is 2.95. The number of benzene rings is 4. The van der Waals surface area contributed by atoms with E-state index < -0.39 is 11.9 Å². The average Bonchev–Trinajstić information content (AvgIpc) is 3.14. The van der Waals surface area contributed by atoms with Gasteiger partial charge in [-0.15, -0.1) is 0 Å². The van der Waals surface area contributed by atoms with Crippen LogP contribution in [0.3, 0.4) is 0 Å². The lowest BCUT2D eigenvalue weighted by Gasteiger charge is -2.16. The van der Waals surface area contributed by atoms with Crippen molar-refractivity contribution in [1.29, 1.82) is 0 Å². The molecule has 9 nitrogen and oxygen atoms in total. The number of nitrogens with one attached hydrogen (secondary N) is 3. The molecule has 4 aromatic rings. The molecule has 1 aliphatic carbocycles. The summed E-state index contributed by atoms with van der Waals surface area (Å²) in [7, 11) is 1.78. The number of carboxylic acid groups (broad SMARTS) is 2. The standard InChI is InChI=1S/C23H21BrN2O3.C9H11NOS.C7H12O2/c1-25-21-13-10-18(24)14-20(21)22(27)26-19-11-6-16(7-12-19)3-2-15-4-8-17(9-5-15)23(28)29;1-2-10-12-9-5-3-4-8(6-9)7-11;8-7(9)6-4-2-1-3-5-6/h4-14,25H,2-3H2,1H3,(H,26,27)(H,28,29);3-7,10H,2H2,1H3;6H,1-5H2,(H,8,9). The van der Waals surface area contributed by atoms with Crippen LogP contribution in [-0.4, -0.2) is 47.9 Å². The number of halogens is 1. The molecule has 5 N–H and O–H groups in total. The lowest BCUT2D eigenvalue weighted by Crippen LogP contribution is -2.16. The first-order valence-electron chi connectivity index (χ1n) is 16.5. The zero-order valence-corrected chi connectivity index (χ0v) is 30.7. The Morgan fingerprint density at radius 2 is 1.50 bits per heavy atom. The van der Waals surface area contributed by atoms with Crippen LogP contribution in [-0.2, 0) is 17.6 Å². The van der Waals surface area contributed by atoms with Gasteiger partial charge in [0.25, 0.3) is 5.91 Å². The van der Waals surface area contributed by atoms with E-state index in [1.165, 1.54) is 6.42 Å². The molecule has 0 aliphatic heterocycles. The Morgan fingerprint density at radius 3 is 2.04 bits per heavy atom. The summed E-state index contributed by atoms with van der Waals surface area (Å²) in [6.07, 6.45) is 7.74. The summed E-state index contributed by atoms with van der Waals surface area (Å²) in [5.41, 5.74) is 5.29. The molecule has 1 aliphatic rings. The van der Waals surface area contributed by atoms with Crippen LogP contribution in [0.25, 0.3) is 0 Å². The number of aldehydes is 1. The van der Waals surface area contributed by atoms with E-state index in [1.54, 1.807) is 43.3 Å². The van der Waals surface area contributed by atoms with Crippen LogP contribution in [0.4, 0.5) is 11.4 Å². The van der Waals surface area contributed by atoms with Crippen molar-refractivity contribution < 1.29 is 29.4 Å². The first-order chi connectivity index (χ1) is 24.1. The molecule has 5 rings (SSSR count). The van der Waals surface area contributed by atoms with Crippen molar-refractivity contribution >= 4 is 63.4 Å². The normalized spacial score (nSPS) is 12.3. The third-order valence-corrected chi connectivity index (χ3v) is 9.31. The molecule has 4 aromatic carbocycles. The van der Waals surface area contributed by atoms with Crippen LogP contribution < -0.4 is 15.4 Å². The van der Waals surface area contributed by atoms with Gasteiger partial charge in [0.2, 0.25) is 0 Å². The smallest absolute Gasteiger partial charge is 0.335 e. The Morgan fingerprint density at radius 1 is 0.860 bits per heavy atom. The van der Waals surface area contributed by atoms with Gasteiger partial charge in [-0.1, -0.05) is 78.5 Å². The minimum atomic E-state index is -0.918. The number of aryl methyl sites for hydroxylation is 2. The van der Waals surface area contributed by atoms with E-state index in [0.29, 0.717) is 11.1 Å². The number of anilines is 2. The predicted octanol–water partition coefficient (Wildman–Crippen LogP) is 8.99. The summed E-state index contributed by atoms with van der Waals surface area (Å²) in [4.78, 5) is 45.3. The molecule has 0 aromatic heterocycles. The van der Waals surface area contributed by atoms with Crippen molar-refractivity contribution in [2.24, 2.45) is 5.92 Å². The Labute approximate surface area is 306 Å². The quantitative estimate of drug-likeness (QED) is 0.0706. The number of rotatable bonds is 12. The second kappa shape index (κ2) is 21.6. The molecule has 1 fully saturated rings. The first kappa shape index (κ1) is 40.0. The van der Waals surface area contributed by atoms with Crippen molar-refractivity contribution in [3.63, 3.8) is 0 Å². The topological polar surface area (TPSA) is 145 Å². The molecule has 0 saturated heterocycles. The maximum atomic E-state index is 12.6. The second-order valence-electron chi connectivity index (χ2n) is 11.6. The molecule has 50 heavy (non-hydrogen) atoms. The highest BCUT2D eigenvalue weighted by molar-refractivity contribution is 9.10. The Hall–Kier alpha value is -4.45. The number of carbonyl (C=O) groups excluding carboxylic acids is 2. The summed E-state index contributed by atoms with van der Waals surface area (Å²) < 4.78 is 3.96. The number of carbonyl (C=O) groups is 4. The number of aromatic carboxylic acids is 1. The van der Waals surface area contributed by atoms with E-state index in [2.05, 4.69) is 31.3 Å². The maximum Gasteiger partial charge on any atom is 0.335 e. The van der Waals surface area contributed by atoms with Crippen LogP contribution in [0, 0.1) is 5.92 Å². The molecule has 0 bridgehead atoms. The highest BCUT2D eigenvalue weighted by Gasteiger charge is 2.19. The number of hydrogen-bond acceptors (Lipinski definition) is 7. The fraction of sp³-hybridized carbons (Fsp3) is 0.282. The van der Waals surface area contributed by atoms with E-state index in [4.69, 9.17) is 10.2 Å². The summed E-state index contributed by atoms with van der Waals surface area (Å²) in [6, 6.07) is 27.7. The SMILES string of the molecule is CCNSc1cccc(C=O)c1.CNc1ccc(Br)cc1C(=O)Nc1ccc(CCc2ccc(C(=O)O)cc2)cc1.O=C(O)C1CCCCC1. The van der Waals surface area contributed by atoms with Gasteiger partial charge in [0.1, 0.15) is 6.29 Å². The zero-order valence-electron chi connectivity index (χ0n) is 28.3. The summed E-state index contributed by atoms with van der Waals surface area (Å²) in [5.74, 6) is -1.73. The summed E-state index contributed by atoms with van der Waals surface area (Å²) >= 11 is 4.94. The number of carboxylic acids is 2. The molecule has 0 radical (unpaired) electrons.